The molecule has 2 aliphatic carbocycles. The Hall–Kier alpha value is -3.00. The summed E-state index contributed by atoms with van der Waals surface area (Å²) in [7, 11) is 0. The lowest BCUT2D eigenvalue weighted by atomic mass is 9.92. The van der Waals surface area contributed by atoms with Crippen molar-refractivity contribution in [2.24, 2.45) is 5.92 Å². The van der Waals surface area contributed by atoms with Crippen LogP contribution in [0.1, 0.15) is 70.6 Å². The van der Waals surface area contributed by atoms with Gasteiger partial charge in [-0.2, -0.15) is 0 Å². The van der Waals surface area contributed by atoms with Crippen molar-refractivity contribution in [1.29, 1.82) is 0 Å². The van der Waals surface area contributed by atoms with E-state index in [1.54, 1.807) is 18.3 Å². The molecular weight excluding hydrogens is 430 g/mol. The fourth-order valence-electron chi connectivity index (χ4n) is 5.33. The Bertz CT molecular complexity index is 1090. The number of carbonyl (C=O) groups is 2. The first-order valence-electron chi connectivity index (χ1n) is 12.5. The molecule has 2 amide bonds. The standard InChI is InChI=1S/C26H31N5O3/c32-15-20-14-29-25(33)23(20)22-6-5-18(12-27-22)26(34)31-9-7-30(8-10-31)24-21(17-3-4-17)11-19(13-28-24)16-1-2-16/h5-6,11-13,16-17,20,23,32H,1-4,7-10,14-15H2,(H,29,33)/t20?,23-/m1/s1. The maximum atomic E-state index is 13.1. The normalized spacial score (nSPS) is 24.9. The van der Waals surface area contributed by atoms with Crippen molar-refractivity contribution in [2.75, 3.05) is 44.2 Å². The van der Waals surface area contributed by atoms with Gasteiger partial charge in [0, 0.05) is 57.6 Å². The zero-order chi connectivity index (χ0) is 23.2. The van der Waals surface area contributed by atoms with Crippen LogP contribution in [-0.4, -0.2) is 71.1 Å². The van der Waals surface area contributed by atoms with E-state index in [0.717, 1.165) is 18.9 Å². The number of hydrogen-bond donors (Lipinski definition) is 2. The number of aliphatic hydroxyl groups is 1. The Balaban J connectivity index is 1.11. The van der Waals surface area contributed by atoms with E-state index in [9.17, 15) is 14.7 Å². The Morgan fingerprint density at radius 3 is 2.44 bits per heavy atom. The molecule has 2 aliphatic heterocycles. The van der Waals surface area contributed by atoms with E-state index in [1.807, 2.05) is 4.90 Å². The van der Waals surface area contributed by atoms with Crippen molar-refractivity contribution >= 4 is 17.6 Å². The number of nitrogens with zero attached hydrogens (tertiary/aromatic N) is 4. The predicted molar refractivity (Wildman–Crippen MR) is 127 cm³/mol. The van der Waals surface area contributed by atoms with Crippen molar-refractivity contribution in [3.63, 3.8) is 0 Å². The van der Waals surface area contributed by atoms with E-state index in [2.05, 4.69) is 27.5 Å². The third-order valence-electron chi connectivity index (χ3n) is 7.73. The van der Waals surface area contributed by atoms with E-state index in [1.165, 1.54) is 36.8 Å². The Kier molecular flexibility index (Phi) is 5.48. The molecule has 8 nitrogen and oxygen atoms in total. The third kappa shape index (κ3) is 4.04. The fraction of sp³-hybridized carbons (Fsp3) is 0.538. The van der Waals surface area contributed by atoms with Gasteiger partial charge in [0.15, 0.2) is 0 Å². The number of carbonyl (C=O) groups excluding carboxylic acids is 2. The highest BCUT2D eigenvalue weighted by Crippen LogP contribution is 2.47. The molecule has 2 saturated heterocycles. The summed E-state index contributed by atoms with van der Waals surface area (Å²) >= 11 is 0. The maximum absolute atomic E-state index is 13.1. The lowest BCUT2D eigenvalue weighted by molar-refractivity contribution is -0.120. The van der Waals surface area contributed by atoms with Gasteiger partial charge in [0.2, 0.25) is 5.91 Å². The number of anilines is 1. The lowest BCUT2D eigenvalue weighted by Crippen LogP contribution is -2.49. The van der Waals surface area contributed by atoms with Crippen LogP contribution in [0.4, 0.5) is 5.82 Å². The van der Waals surface area contributed by atoms with E-state index in [-0.39, 0.29) is 24.3 Å². The molecule has 1 unspecified atom stereocenters. The van der Waals surface area contributed by atoms with Gasteiger partial charge in [-0.15, -0.1) is 0 Å². The second kappa shape index (κ2) is 8.65. The summed E-state index contributed by atoms with van der Waals surface area (Å²) in [5.74, 6) is 1.68. The van der Waals surface area contributed by atoms with Crippen LogP contribution in [0.25, 0.3) is 0 Å². The van der Waals surface area contributed by atoms with Gasteiger partial charge in [-0.1, -0.05) is 6.07 Å². The fourth-order valence-corrected chi connectivity index (χ4v) is 5.33. The minimum absolute atomic E-state index is 0.0345. The summed E-state index contributed by atoms with van der Waals surface area (Å²) in [6.07, 6.45) is 8.72. The zero-order valence-corrected chi connectivity index (χ0v) is 19.3. The van der Waals surface area contributed by atoms with Crippen molar-refractivity contribution in [2.45, 2.75) is 43.4 Å². The molecule has 178 valence electrons. The minimum Gasteiger partial charge on any atom is -0.396 e. The molecule has 0 spiro atoms. The van der Waals surface area contributed by atoms with Gasteiger partial charge in [0.05, 0.1) is 17.2 Å². The van der Waals surface area contributed by atoms with Gasteiger partial charge in [-0.05, 0) is 60.8 Å². The number of pyridine rings is 2. The molecule has 0 aromatic carbocycles. The Morgan fingerprint density at radius 2 is 1.79 bits per heavy atom. The van der Waals surface area contributed by atoms with Crippen molar-refractivity contribution in [1.82, 2.24) is 20.2 Å². The number of rotatable bonds is 6. The minimum atomic E-state index is -0.461. The smallest absolute Gasteiger partial charge is 0.255 e. The van der Waals surface area contributed by atoms with Crippen LogP contribution in [0.5, 0.6) is 0 Å². The average Bonchev–Trinajstić information content (AvgIpc) is 3.81. The first kappa shape index (κ1) is 21.5. The lowest BCUT2D eigenvalue weighted by Gasteiger charge is -2.36. The van der Waals surface area contributed by atoms with Crippen LogP contribution in [-0.2, 0) is 4.79 Å². The number of aromatic nitrogens is 2. The van der Waals surface area contributed by atoms with Crippen LogP contribution in [0.3, 0.4) is 0 Å². The third-order valence-corrected chi connectivity index (χ3v) is 7.73. The molecule has 2 N–H and O–H groups in total. The Morgan fingerprint density at radius 1 is 1.03 bits per heavy atom. The summed E-state index contributed by atoms with van der Waals surface area (Å²) in [5, 5.41) is 12.3. The first-order valence-corrected chi connectivity index (χ1v) is 12.5. The number of aliphatic hydroxyl groups excluding tert-OH is 1. The molecule has 0 bridgehead atoms. The van der Waals surface area contributed by atoms with Gasteiger partial charge in [0.1, 0.15) is 5.82 Å². The number of hydrogen-bond acceptors (Lipinski definition) is 6. The number of piperazine rings is 1. The summed E-state index contributed by atoms with van der Waals surface area (Å²) in [6, 6.07) is 5.89. The molecule has 6 rings (SSSR count). The van der Waals surface area contributed by atoms with Gasteiger partial charge < -0.3 is 20.2 Å². The van der Waals surface area contributed by atoms with Crippen LogP contribution >= 0.6 is 0 Å². The van der Waals surface area contributed by atoms with Gasteiger partial charge >= 0.3 is 0 Å². The number of nitrogens with one attached hydrogen (secondary N) is 1. The van der Waals surface area contributed by atoms with Crippen LogP contribution < -0.4 is 10.2 Å². The van der Waals surface area contributed by atoms with E-state index in [4.69, 9.17) is 4.98 Å². The highest BCUT2D eigenvalue weighted by Gasteiger charge is 2.37. The van der Waals surface area contributed by atoms with Gasteiger partial charge in [0.25, 0.3) is 5.91 Å². The molecule has 8 heteroatoms. The van der Waals surface area contributed by atoms with Crippen LogP contribution in [0.15, 0.2) is 30.6 Å². The zero-order valence-electron chi connectivity index (χ0n) is 19.3. The maximum Gasteiger partial charge on any atom is 0.255 e. The molecular formula is C26H31N5O3. The SMILES string of the molecule is O=C1NCC(CO)[C@@H]1c1ccc(C(=O)N2CCN(c3ncc(C4CC4)cc3C3CC3)CC2)cn1. The predicted octanol–water partition coefficient (Wildman–Crippen LogP) is 2.02. The largest absolute Gasteiger partial charge is 0.396 e. The molecule has 2 saturated carbocycles. The second-order valence-electron chi connectivity index (χ2n) is 10.1. The quantitative estimate of drug-likeness (QED) is 0.683. The summed E-state index contributed by atoms with van der Waals surface area (Å²) in [6.45, 7) is 3.22. The second-order valence-corrected chi connectivity index (χ2v) is 10.1. The van der Waals surface area contributed by atoms with E-state index >= 15 is 0 Å². The number of amides is 2. The molecule has 4 aliphatic rings. The molecule has 4 fully saturated rings. The summed E-state index contributed by atoms with van der Waals surface area (Å²) in [4.78, 5) is 38.7. The highest BCUT2D eigenvalue weighted by molar-refractivity contribution is 5.94. The average molecular weight is 462 g/mol. The topological polar surface area (TPSA) is 98.7 Å². The van der Waals surface area contributed by atoms with Gasteiger partial charge in [-0.3, -0.25) is 14.6 Å². The van der Waals surface area contributed by atoms with Crippen LogP contribution in [0, 0.1) is 5.92 Å². The van der Waals surface area contributed by atoms with Crippen molar-refractivity contribution in [3.05, 3.63) is 53.0 Å². The highest BCUT2D eigenvalue weighted by atomic mass is 16.3. The summed E-state index contributed by atoms with van der Waals surface area (Å²) < 4.78 is 0. The molecule has 4 heterocycles. The molecule has 0 radical (unpaired) electrons. The Labute approximate surface area is 199 Å². The monoisotopic (exact) mass is 461 g/mol. The molecule has 2 aromatic rings. The van der Waals surface area contributed by atoms with E-state index < -0.39 is 5.92 Å². The van der Waals surface area contributed by atoms with Gasteiger partial charge in [-0.25, -0.2) is 4.98 Å². The summed E-state index contributed by atoms with van der Waals surface area (Å²) in [5.41, 5.74) is 3.93. The van der Waals surface area contributed by atoms with Crippen LogP contribution in [0.2, 0.25) is 0 Å². The van der Waals surface area contributed by atoms with Crippen molar-refractivity contribution < 1.29 is 14.7 Å². The molecule has 2 aromatic heterocycles. The molecule has 2 atom stereocenters. The van der Waals surface area contributed by atoms with Crippen molar-refractivity contribution in [3.8, 4) is 0 Å². The molecule has 34 heavy (non-hydrogen) atoms. The first-order chi connectivity index (χ1) is 16.6. The van der Waals surface area contributed by atoms with E-state index in [0.29, 0.717) is 42.7 Å².